The van der Waals surface area contributed by atoms with Crippen LogP contribution in [0.25, 0.3) is 66.4 Å². The van der Waals surface area contributed by atoms with Crippen LogP contribution >= 0.6 is 0 Å². The van der Waals surface area contributed by atoms with Crippen molar-refractivity contribution in [2.75, 3.05) is 0 Å². The molecule has 7 aromatic rings. The number of benzene rings is 6. The predicted molar refractivity (Wildman–Crippen MR) is 173 cm³/mol. The number of rotatable bonds is 2. The molecule has 2 atom stereocenters. The fourth-order valence-corrected chi connectivity index (χ4v) is 7.92. The van der Waals surface area contributed by atoms with Crippen LogP contribution in [0.2, 0.25) is 0 Å². The highest BCUT2D eigenvalue weighted by molar-refractivity contribution is 6.19. The summed E-state index contributed by atoms with van der Waals surface area (Å²) in [4.78, 5) is 0. The van der Waals surface area contributed by atoms with Gasteiger partial charge in [-0.25, -0.2) is 0 Å². The first kappa shape index (κ1) is 24.6. The van der Waals surface area contributed by atoms with Gasteiger partial charge in [-0.2, -0.15) is 0 Å². The maximum atomic E-state index is 12.0. The second-order valence-electron chi connectivity index (χ2n) is 12.2. The Labute approximate surface area is 249 Å². The van der Waals surface area contributed by atoms with Crippen LogP contribution in [0.15, 0.2) is 126 Å². The van der Waals surface area contributed by atoms with E-state index in [1.807, 2.05) is 74.5 Å². The molecule has 3 nitrogen and oxygen atoms in total. The molecule has 0 saturated carbocycles. The SMILES string of the molecule is CC1(O)c2ccccc2-c2cccc(-c3cccc4oc5cccc(-c6cccc7c6C(C)(O)c6ccccc6-7)c5c34)c21. The monoisotopic (exact) mass is 556 g/mol. The van der Waals surface area contributed by atoms with E-state index in [9.17, 15) is 10.2 Å². The highest BCUT2D eigenvalue weighted by Gasteiger charge is 2.41. The third-order valence-corrected chi connectivity index (χ3v) is 9.69. The van der Waals surface area contributed by atoms with Crippen molar-refractivity contribution in [2.24, 2.45) is 0 Å². The Morgan fingerprint density at radius 2 is 0.721 bits per heavy atom. The lowest BCUT2D eigenvalue weighted by molar-refractivity contribution is 0.107. The zero-order chi connectivity index (χ0) is 29.1. The van der Waals surface area contributed by atoms with Gasteiger partial charge in [0.2, 0.25) is 0 Å². The first-order chi connectivity index (χ1) is 20.9. The lowest BCUT2D eigenvalue weighted by Crippen LogP contribution is -2.20. The standard InChI is InChI=1S/C40H28O3/c1-39(41)31-19-5-3-11-23(31)27-15-7-17-29(37(27)39)25-13-9-21-33-35(25)36-26(14-10-22-34(36)43-33)30-18-8-16-28-24-12-4-6-20-32(24)40(2,42)38(28)30/h3-22,41-42H,1-2H3. The van der Waals surface area contributed by atoms with Crippen molar-refractivity contribution in [1.29, 1.82) is 0 Å². The van der Waals surface area contributed by atoms with Crippen LogP contribution in [-0.2, 0) is 11.2 Å². The van der Waals surface area contributed by atoms with Gasteiger partial charge in [0, 0.05) is 21.9 Å². The zero-order valence-corrected chi connectivity index (χ0v) is 23.8. The summed E-state index contributed by atoms with van der Waals surface area (Å²) in [6, 6.07) is 41.2. The summed E-state index contributed by atoms with van der Waals surface area (Å²) < 4.78 is 6.52. The normalized spacial score (nSPS) is 19.8. The summed E-state index contributed by atoms with van der Waals surface area (Å²) in [6.07, 6.45) is 0. The fourth-order valence-electron chi connectivity index (χ4n) is 7.92. The molecule has 43 heavy (non-hydrogen) atoms. The fraction of sp³-hybridized carbons (Fsp3) is 0.100. The molecule has 2 N–H and O–H groups in total. The van der Waals surface area contributed by atoms with Crippen molar-refractivity contribution >= 4 is 21.9 Å². The minimum Gasteiger partial charge on any atom is -0.456 e. The van der Waals surface area contributed by atoms with E-state index in [4.69, 9.17) is 4.42 Å². The Kier molecular flexibility index (Phi) is 4.76. The molecular formula is C40H28O3. The van der Waals surface area contributed by atoms with Crippen LogP contribution in [0.3, 0.4) is 0 Å². The van der Waals surface area contributed by atoms with E-state index < -0.39 is 11.2 Å². The predicted octanol–water partition coefficient (Wildman–Crippen LogP) is 9.39. The molecule has 0 spiro atoms. The molecule has 2 aliphatic carbocycles. The smallest absolute Gasteiger partial charge is 0.136 e. The van der Waals surface area contributed by atoms with E-state index in [0.29, 0.717) is 0 Å². The first-order valence-electron chi connectivity index (χ1n) is 14.7. The summed E-state index contributed by atoms with van der Waals surface area (Å²) in [5.74, 6) is 0. The summed E-state index contributed by atoms with van der Waals surface area (Å²) in [6.45, 7) is 3.79. The van der Waals surface area contributed by atoms with E-state index >= 15 is 0 Å². The molecule has 0 saturated heterocycles. The average molecular weight is 557 g/mol. The third-order valence-electron chi connectivity index (χ3n) is 9.69. The van der Waals surface area contributed by atoms with Crippen LogP contribution in [0.1, 0.15) is 36.1 Å². The lowest BCUT2D eigenvalue weighted by Gasteiger charge is -2.24. The second kappa shape index (κ2) is 8.32. The Morgan fingerprint density at radius 3 is 1.16 bits per heavy atom. The molecule has 0 radical (unpaired) electrons. The first-order valence-corrected chi connectivity index (χ1v) is 14.7. The molecule has 6 aromatic carbocycles. The van der Waals surface area contributed by atoms with Crippen molar-refractivity contribution in [3.63, 3.8) is 0 Å². The molecule has 0 amide bonds. The molecule has 2 aliphatic rings. The van der Waals surface area contributed by atoms with Gasteiger partial charge in [0.1, 0.15) is 22.4 Å². The van der Waals surface area contributed by atoms with Gasteiger partial charge in [0.05, 0.1) is 0 Å². The van der Waals surface area contributed by atoms with Gasteiger partial charge in [-0.1, -0.05) is 109 Å². The molecule has 0 bridgehead atoms. The van der Waals surface area contributed by atoms with Gasteiger partial charge in [-0.05, 0) is 81.6 Å². The topological polar surface area (TPSA) is 53.6 Å². The average Bonchev–Trinajstić information content (AvgIpc) is 3.61. The van der Waals surface area contributed by atoms with Gasteiger partial charge in [-0.15, -0.1) is 0 Å². The van der Waals surface area contributed by atoms with Crippen LogP contribution in [-0.4, -0.2) is 10.2 Å². The molecular weight excluding hydrogens is 528 g/mol. The Balaban J connectivity index is 1.36. The van der Waals surface area contributed by atoms with Gasteiger partial charge in [0.25, 0.3) is 0 Å². The quantitative estimate of drug-likeness (QED) is 0.223. The number of furan rings is 1. The number of fused-ring (bicyclic) bond motifs is 9. The minimum absolute atomic E-state index is 0.787. The molecule has 0 aliphatic heterocycles. The van der Waals surface area contributed by atoms with Crippen LogP contribution in [0.5, 0.6) is 0 Å². The largest absolute Gasteiger partial charge is 0.456 e. The highest BCUT2D eigenvalue weighted by Crippen LogP contribution is 2.54. The van der Waals surface area contributed by atoms with Crippen molar-refractivity contribution < 1.29 is 14.6 Å². The lowest BCUT2D eigenvalue weighted by atomic mass is 9.84. The molecule has 1 heterocycles. The Hall–Kier alpha value is -4.96. The van der Waals surface area contributed by atoms with Crippen molar-refractivity contribution in [2.45, 2.75) is 25.0 Å². The minimum atomic E-state index is -1.14. The number of hydrogen-bond acceptors (Lipinski definition) is 3. The molecule has 3 heteroatoms. The Bertz CT molecular complexity index is 2140. The van der Waals surface area contributed by atoms with Gasteiger partial charge in [-0.3, -0.25) is 0 Å². The Morgan fingerprint density at radius 1 is 0.395 bits per heavy atom. The summed E-state index contributed by atoms with van der Waals surface area (Å²) >= 11 is 0. The maximum absolute atomic E-state index is 12.0. The molecule has 206 valence electrons. The molecule has 1 aromatic heterocycles. The highest BCUT2D eigenvalue weighted by atomic mass is 16.3. The van der Waals surface area contributed by atoms with Gasteiger partial charge >= 0.3 is 0 Å². The zero-order valence-electron chi connectivity index (χ0n) is 23.8. The van der Waals surface area contributed by atoms with E-state index in [1.165, 1.54) is 0 Å². The van der Waals surface area contributed by atoms with Gasteiger partial charge < -0.3 is 14.6 Å². The summed E-state index contributed by atoms with van der Waals surface area (Å²) in [7, 11) is 0. The van der Waals surface area contributed by atoms with Crippen LogP contribution in [0, 0.1) is 0 Å². The summed E-state index contributed by atoms with van der Waals surface area (Å²) in [5, 5.41) is 26.0. The van der Waals surface area contributed by atoms with Crippen LogP contribution in [0.4, 0.5) is 0 Å². The van der Waals surface area contributed by atoms with Gasteiger partial charge in [0.15, 0.2) is 0 Å². The van der Waals surface area contributed by atoms with E-state index in [1.54, 1.807) is 0 Å². The van der Waals surface area contributed by atoms with Crippen molar-refractivity contribution in [3.8, 4) is 44.5 Å². The van der Waals surface area contributed by atoms with Crippen LogP contribution < -0.4 is 0 Å². The van der Waals surface area contributed by atoms with E-state index in [0.717, 1.165) is 88.7 Å². The molecule has 9 rings (SSSR count). The number of aliphatic hydroxyl groups is 2. The van der Waals surface area contributed by atoms with Crippen molar-refractivity contribution in [3.05, 3.63) is 144 Å². The maximum Gasteiger partial charge on any atom is 0.136 e. The number of hydrogen-bond donors (Lipinski definition) is 2. The molecule has 0 fully saturated rings. The van der Waals surface area contributed by atoms with E-state index in [-0.39, 0.29) is 0 Å². The van der Waals surface area contributed by atoms with Crippen molar-refractivity contribution in [1.82, 2.24) is 0 Å². The summed E-state index contributed by atoms with van der Waals surface area (Å²) in [5.41, 5.74) is 11.2. The van der Waals surface area contributed by atoms with E-state index in [2.05, 4.69) is 60.7 Å². The second-order valence-corrected chi connectivity index (χ2v) is 12.2. The molecule has 2 unspecified atom stereocenters. The third kappa shape index (κ3) is 3.10.